The average molecular weight is 603 g/mol. The topological polar surface area (TPSA) is 100 Å². The molecule has 11 heteroatoms. The number of anilines is 4. The van der Waals surface area contributed by atoms with Gasteiger partial charge in [-0.15, -0.1) is 0 Å². The molecule has 2 N–H and O–H groups in total. The van der Waals surface area contributed by atoms with Crippen LogP contribution in [-0.2, 0) is 6.18 Å². The van der Waals surface area contributed by atoms with Crippen LogP contribution in [0.4, 0.5) is 47.8 Å². The van der Waals surface area contributed by atoms with E-state index in [9.17, 15) is 13.2 Å². The Morgan fingerprint density at radius 3 is 1.51 bits per heavy atom. The molecule has 0 amide bonds. The smallest absolute Gasteiger partial charge is 0.324 e. The SMILES string of the molecule is Cc1ccc(Nc2nccc(-c3cccc(N=Nc4cccc(-c5ccnc(Nc6ccc(C(F)(F)F)cc6)n5)c4)c3)n2)cc1. The number of nitrogens with one attached hydrogen (secondary N) is 2. The fourth-order valence-electron chi connectivity index (χ4n) is 4.37. The van der Waals surface area contributed by atoms with Gasteiger partial charge in [0.2, 0.25) is 11.9 Å². The molecule has 6 aromatic rings. The maximum atomic E-state index is 12.9. The quantitative estimate of drug-likeness (QED) is 0.168. The van der Waals surface area contributed by atoms with E-state index >= 15 is 0 Å². The Kier molecular flexibility index (Phi) is 8.23. The molecule has 0 radical (unpaired) electrons. The lowest BCUT2D eigenvalue weighted by atomic mass is 10.1. The van der Waals surface area contributed by atoms with Crippen LogP contribution in [-0.4, -0.2) is 19.9 Å². The second-order valence-corrected chi connectivity index (χ2v) is 10.0. The lowest BCUT2D eigenvalue weighted by Crippen LogP contribution is -2.04. The van der Waals surface area contributed by atoms with Gasteiger partial charge in [0.1, 0.15) is 0 Å². The van der Waals surface area contributed by atoms with Crippen LogP contribution in [0.15, 0.2) is 132 Å². The lowest BCUT2D eigenvalue weighted by molar-refractivity contribution is -0.137. The fraction of sp³-hybridized carbons (Fsp3) is 0.0588. The molecule has 6 rings (SSSR count). The Hall–Kier alpha value is -5.97. The van der Waals surface area contributed by atoms with Crippen LogP contribution >= 0.6 is 0 Å². The highest BCUT2D eigenvalue weighted by atomic mass is 19.4. The Morgan fingerprint density at radius 2 is 1.04 bits per heavy atom. The van der Waals surface area contributed by atoms with Gasteiger partial charge in [-0.05, 0) is 79.7 Å². The second kappa shape index (κ2) is 12.7. The molecule has 0 saturated carbocycles. The summed E-state index contributed by atoms with van der Waals surface area (Å²) in [4.78, 5) is 17.7. The third kappa shape index (κ3) is 7.52. The molecular weight excluding hydrogens is 577 g/mol. The van der Waals surface area contributed by atoms with Crippen molar-refractivity contribution in [2.45, 2.75) is 13.1 Å². The van der Waals surface area contributed by atoms with Gasteiger partial charge < -0.3 is 10.6 Å². The van der Waals surface area contributed by atoms with Crippen molar-refractivity contribution in [3.63, 3.8) is 0 Å². The number of nitrogens with zero attached hydrogens (tertiary/aromatic N) is 6. The van der Waals surface area contributed by atoms with E-state index in [1.165, 1.54) is 17.7 Å². The molecule has 4 aromatic carbocycles. The van der Waals surface area contributed by atoms with E-state index in [2.05, 4.69) is 40.8 Å². The number of hydrogen-bond donors (Lipinski definition) is 2. The Morgan fingerprint density at radius 1 is 0.578 bits per heavy atom. The van der Waals surface area contributed by atoms with Gasteiger partial charge in [0.25, 0.3) is 0 Å². The molecule has 2 aromatic heterocycles. The van der Waals surface area contributed by atoms with Gasteiger partial charge in [0.15, 0.2) is 0 Å². The first-order chi connectivity index (χ1) is 21.8. The summed E-state index contributed by atoms with van der Waals surface area (Å²) in [6, 6.07) is 31.2. The predicted octanol–water partition coefficient (Wildman–Crippen LogP) is 9.83. The Balaban J connectivity index is 1.16. The van der Waals surface area contributed by atoms with Crippen LogP contribution in [0.1, 0.15) is 11.1 Å². The molecule has 8 nitrogen and oxygen atoms in total. The van der Waals surface area contributed by atoms with Crippen molar-refractivity contribution in [3.05, 3.63) is 133 Å². The largest absolute Gasteiger partial charge is 0.416 e. The number of rotatable bonds is 8. The van der Waals surface area contributed by atoms with Crippen LogP contribution in [0.2, 0.25) is 0 Å². The zero-order valence-electron chi connectivity index (χ0n) is 23.9. The standard InChI is InChI=1S/C34H25F3N8/c1-22-8-12-26(13-9-22)40-32-38-18-16-30(42-32)23-4-2-6-28(20-23)44-45-29-7-3-5-24(21-29)31-17-19-39-33(43-31)41-27-14-10-25(11-15-27)34(35,36)37/h2-21H,1H3,(H,38,40,42)(H,39,41,43). The molecule has 0 saturated heterocycles. The highest BCUT2D eigenvalue weighted by Gasteiger charge is 2.29. The van der Waals surface area contributed by atoms with Gasteiger partial charge >= 0.3 is 6.18 Å². The molecule has 0 spiro atoms. The molecule has 0 aliphatic heterocycles. The van der Waals surface area contributed by atoms with Crippen molar-refractivity contribution in [1.29, 1.82) is 0 Å². The highest BCUT2D eigenvalue weighted by molar-refractivity contribution is 5.67. The molecule has 0 fully saturated rings. The van der Waals surface area contributed by atoms with Gasteiger partial charge in [0, 0.05) is 34.9 Å². The minimum atomic E-state index is -4.40. The highest BCUT2D eigenvalue weighted by Crippen LogP contribution is 2.31. The van der Waals surface area contributed by atoms with Gasteiger partial charge in [0.05, 0.1) is 28.3 Å². The number of aromatic nitrogens is 4. The summed E-state index contributed by atoms with van der Waals surface area (Å²) in [5.74, 6) is 0.737. The second-order valence-electron chi connectivity index (χ2n) is 10.0. The summed E-state index contributed by atoms with van der Waals surface area (Å²) in [6.07, 6.45) is -1.12. The zero-order chi connectivity index (χ0) is 31.2. The number of halogens is 3. The van der Waals surface area contributed by atoms with Crippen LogP contribution in [0.25, 0.3) is 22.5 Å². The number of alkyl halides is 3. The summed E-state index contributed by atoms with van der Waals surface area (Å²) in [5, 5.41) is 15.0. The number of hydrogen-bond acceptors (Lipinski definition) is 8. The molecule has 0 unspecified atom stereocenters. The van der Waals surface area contributed by atoms with Gasteiger partial charge in [-0.25, -0.2) is 19.9 Å². The first kappa shape index (κ1) is 29.1. The number of aryl methyl sites for hydroxylation is 1. The summed E-state index contributed by atoms with van der Waals surface area (Å²) in [6.45, 7) is 2.03. The molecule has 2 heterocycles. The van der Waals surface area contributed by atoms with Crippen LogP contribution in [0.5, 0.6) is 0 Å². The van der Waals surface area contributed by atoms with Crippen molar-refractivity contribution < 1.29 is 13.2 Å². The van der Waals surface area contributed by atoms with Crippen LogP contribution < -0.4 is 10.6 Å². The average Bonchev–Trinajstić information content (AvgIpc) is 3.05. The summed E-state index contributed by atoms with van der Waals surface area (Å²) >= 11 is 0. The third-order valence-electron chi connectivity index (χ3n) is 6.65. The van der Waals surface area contributed by atoms with Crippen molar-refractivity contribution in [1.82, 2.24) is 19.9 Å². The Labute approximate surface area is 256 Å². The fourth-order valence-corrected chi connectivity index (χ4v) is 4.37. The molecule has 0 aliphatic rings. The van der Waals surface area contributed by atoms with Gasteiger partial charge in [-0.3, -0.25) is 0 Å². The maximum absolute atomic E-state index is 12.9. The maximum Gasteiger partial charge on any atom is 0.416 e. The summed E-state index contributed by atoms with van der Waals surface area (Å²) in [7, 11) is 0. The third-order valence-corrected chi connectivity index (χ3v) is 6.65. The first-order valence-electron chi connectivity index (χ1n) is 13.9. The predicted molar refractivity (Wildman–Crippen MR) is 168 cm³/mol. The minimum Gasteiger partial charge on any atom is -0.324 e. The van der Waals surface area contributed by atoms with E-state index < -0.39 is 11.7 Å². The monoisotopic (exact) mass is 602 g/mol. The number of azo groups is 1. The molecule has 0 aliphatic carbocycles. The van der Waals surface area contributed by atoms with Crippen LogP contribution in [0.3, 0.4) is 0 Å². The minimum absolute atomic E-state index is 0.248. The Bertz CT molecular complexity index is 1960. The molecular formula is C34H25F3N8. The van der Waals surface area contributed by atoms with E-state index in [4.69, 9.17) is 0 Å². The molecule has 0 bridgehead atoms. The van der Waals surface area contributed by atoms with E-state index in [-0.39, 0.29) is 5.95 Å². The normalized spacial score (nSPS) is 11.5. The van der Waals surface area contributed by atoms with Crippen molar-refractivity contribution >= 4 is 34.6 Å². The molecule has 222 valence electrons. The number of benzene rings is 4. The summed E-state index contributed by atoms with van der Waals surface area (Å²) < 4.78 is 38.6. The van der Waals surface area contributed by atoms with Gasteiger partial charge in [-0.2, -0.15) is 23.4 Å². The van der Waals surface area contributed by atoms with Gasteiger partial charge in [-0.1, -0.05) is 42.0 Å². The van der Waals surface area contributed by atoms with E-state index in [1.807, 2.05) is 85.8 Å². The lowest BCUT2D eigenvalue weighted by Gasteiger charge is -2.09. The zero-order valence-corrected chi connectivity index (χ0v) is 23.9. The molecule has 45 heavy (non-hydrogen) atoms. The van der Waals surface area contributed by atoms with Crippen molar-refractivity contribution in [3.8, 4) is 22.5 Å². The van der Waals surface area contributed by atoms with E-state index in [0.29, 0.717) is 28.7 Å². The first-order valence-corrected chi connectivity index (χ1v) is 13.9. The van der Waals surface area contributed by atoms with Crippen LogP contribution in [0, 0.1) is 6.92 Å². The van der Waals surface area contributed by atoms with Crippen molar-refractivity contribution in [2.75, 3.05) is 10.6 Å². The van der Waals surface area contributed by atoms with E-state index in [0.717, 1.165) is 34.6 Å². The van der Waals surface area contributed by atoms with Crippen molar-refractivity contribution in [2.24, 2.45) is 10.2 Å². The summed E-state index contributed by atoms with van der Waals surface area (Å²) in [5.41, 5.74) is 6.02. The molecule has 0 atom stereocenters. The van der Waals surface area contributed by atoms with E-state index in [1.54, 1.807) is 18.5 Å².